The number of carboxylic acids is 1. The number of hydrogen-bond acceptors (Lipinski definition) is 5. The molecule has 0 saturated carbocycles. The zero-order valence-corrected chi connectivity index (χ0v) is 17.4. The smallest absolute Gasteiger partial charge is 0.475 e. The number of carbonyl (C=O) groups excluding carboxylic acids is 1. The van der Waals surface area contributed by atoms with Crippen LogP contribution in [0.2, 0.25) is 0 Å². The first-order valence-corrected chi connectivity index (χ1v) is 9.81. The summed E-state index contributed by atoms with van der Waals surface area (Å²) in [5, 5.41) is 15.8. The Labute approximate surface area is 174 Å². The van der Waals surface area contributed by atoms with E-state index in [1.165, 1.54) is 24.9 Å². The van der Waals surface area contributed by atoms with Crippen molar-refractivity contribution in [1.29, 1.82) is 0 Å². The summed E-state index contributed by atoms with van der Waals surface area (Å²) in [5.41, 5.74) is 3.33. The molecule has 2 atom stereocenters. The highest BCUT2D eigenvalue weighted by molar-refractivity contribution is 5.93. The van der Waals surface area contributed by atoms with Crippen molar-refractivity contribution in [3.05, 3.63) is 35.4 Å². The van der Waals surface area contributed by atoms with Crippen LogP contribution >= 0.6 is 0 Å². The van der Waals surface area contributed by atoms with Crippen LogP contribution in [0.25, 0.3) is 0 Å². The molecule has 0 aromatic heterocycles. The van der Waals surface area contributed by atoms with E-state index in [0.29, 0.717) is 17.6 Å². The van der Waals surface area contributed by atoms with Gasteiger partial charge in [0.05, 0.1) is 0 Å². The van der Waals surface area contributed by atoms with Crippen LogP contribution in [-0.4, -0.2) is 69.9 Å². The molecule has 0 unspecified atom stereocenters. The summed E-state index contributed by atoms with van der Waals surface area (Å²) in [6.07, 6.45) is -2.57. The highest BCUT2D eigenvalue weighted by Gasteiger charge is 2.38. The summed E-state index contributed by atoms with van der Waals surface area (Å²) >= 11 is 0. The number of alkyl halides is 3. The van der Waals surface area contributed by atoms with Gasteiger partial charge in [0.2, 0.25) is 0 Å². The second kappa shape index (κ2) is 11.9. The fraction of sp³-hybridized carbons (Fsp3) is 0.600. The number of hydrogen-bond donors (Lipinski definition) is 3. The Morgan fingerprint density at radius 3 is 2.03 bits per heavy atom. The molecule has 7 nitrogen and oxygen atoms in total. The maximum atomic E-state index is 11.3. The molecule has 0 aliphatic carbocycles. The van der Waals surface area contributed by atoms with E-state index in [4.69, 9.17) is 15.1 Å². The van der Waals surface area contributed by atoms with E-state index in [-0.39, 0.29) is 0 Å². The fourth-order valence-corrected chi connectivity index (χ4v) is 3.46. The van der Waals surface area contributed by atoms with E-state index in [9.17, 15) is 18.0 Å². The Bertz CT molecular complexity index is 671. The van der Waals surface area contributed by atoms with Gasteiger partial charge in [-0.2, -0.15) is 13.2 Å². The van der Waals surface area contributed by atoms with Crippen molar-refractivity contribution in [1.82, 2.24) is 15.3 Å². The van der Waals surface area contributed by atoms with Crippen LogP contribution in [0, 0.1) is 0 Å². The van der Waals surface area contributed by atoms with Crippen LogP contribution in [0.5, 0.6) is 0 Å². The van der Waals surface area contributed by atoms with Gasteiger partial charge in [0.25, 0.3) is 5.91 Å². The first-order valence-electron chi connectivity index (χ1n) is 9.81. The molecule has 1 saturated heterocycles. The number of rotatable bonds is 6. The molecular formula is C20H30F3N3O4. The Morgan fingerprint density at radius 1 is 1.13 bits per heavy atom. The zero-order chi connectivity index (χ0) is 22.9. The van der Waals surface area contributed by atoms with Crippen molar-refractivity contribution in [2.75, 3.05) is 19.6 Å². The molecule has 0 bridgehead atoms. The Morgan fingerprint density at radius 2 is 1.63 bits per heavy atom. The maximum absolute atomic E-state index is 11.3. The van der Waals surface area contributed by atoms with Gasteiger partial charge in [0.1, 0.15) is 0 Å². The second-order valence-corrected chi connectivity index (χ2v) is 7.42. The predicted molar refractivity (Wildman–Crippen MR) is 105 cm³/mol. The van der Waals surface area contributed by atoms with Crippen LogP contribution in [-0.2, 0) is 11.3 Å². The number of aliphatic carboxylic acids is 1. The number of amides is 1. The SMILES string of the molecule is CCCCN1[C@H](C)CN(Cc2ccc(C(=O)NO)cc2)C[C@@H]1C.O=C(O)C(F)(F)F. The van der Waals surface area contributed by atoms with Gasteiger partial charge in [-0.3, -0.25) is 19.8 Å². The van der Waals surface area contributed by atoms with Gasteiger partial charge in [-0.15, -0.1) is 0 Å². The highest BCUT2D eigenvalue weighted by Crippen LogP contribution is 2.19. The summed E-state index contributed by atoms with van der Waals surface area (Å²) in [7, 11) is 0. The van der Waals surface area contributed by atoms with Gasteiger partial charge in [0, 0.05) is 37.3 Å². The zero-order valence-electron chi connectivity index (χ0n) is 17.4. The van der Waals surface area contributed by atoms with Crippen LogP contribution < -0.4 is 5.48 Å². The monoisotopic (exact) mass is 433 g/mol. The summed E-state index contributed by atoms with van der Waals surface area (Å²) in [6, 6.07) is 8.58. The maximum Gasteiger partial charge on any atom is 0.490 e. The van der Waals surface area contributed by atoms with Gasteiger partial charge >= 0.3 is 12.1 Å². The minimum Gasteiger partial charge on any atom is -0.475 e. The summed E-state index contributed by atoms with van der Waals surface area (Å²) < 4.78 is 31.7. The van der Waals surface area contributed by atoms with Gasteiger partial charge in [-0.05, 0) is 44.5 Å². The number of hydroxylamine groups is 1. The quantitative estimate of drug-likeness (QED) is 0.472. The van der Waals surface area contributed by atoms with E-state index in [1.54, 1.807) is 17.6 Å². The number of carboxylic acid groups (broad SMARTS) is 1. The van der Waals surface area contributed by atoms with Crippen molar-refractivity contribution in [3.8, 4) is 0 Å². The second-order valence-electron chi connectivity index (χ2n) is 7.42. The number of benzene rings is 1. The van der Waals surface area contributed by atoms with E-state index >= 15 is 0 Å². The Hall–Kier alpha value is -2.17. The minimum atomic E-state index is -5.08. The first kappa shape index (κ1) is 25.9. The van der Waals surface area contributed by atoms with Gasteiger partial charge in [-0.25, -0.2) is 10.3 Å². The van der Waals surface area contributed by atoms with Crippen molar-refractivity contribution >= 4 is 11.9 Å². The molecule has 1 aromatic rings. The van der Waals surface area contributed by atoms with Crippen molar-refractivity contribution in [3.63, 3.8) is 0 Å². The number of carbonyl (C=O) groups is 2. The van der Waals surface area contributed by atoms with Gasteiger partial charge in [0.15, 0.2) is 0 Å². The summed E-state index contributed by atoms with van der Waals surface area (Å²) in [4.78, 5) is 25.3. The molecule has 0 spiro atoms. The molecule has 10 heteroatoms. The lowest BCUT2D eigenvalue weighted by molar-refractivity contribution is -0.192. The average molecular weight is 433 g/mol. The van der Waals surface area contributed by atoms with Crippen LogP contribution in [0.1, 0.15) is 49.5 Å². The van der Waals surface area contributed by atoms with E-state index in [0.717, 1.165) is 19.6 Å². The standard InChI is InChI=1S/C18H29N3O2.C2HF3O2/c1-4-5-10-21-14(2)11-20(12-15(21)3)13-16-6-8-17(9-7-16)18(22)19-23;3-2(4,5)1(6)7/h6-9,14-15,23H,4-5,10-13H2,1-3H3,(H,19,22);(H,6,7)/t14-,15+;. The molecule has 1 aromatic carbocycles. The fourth-order valence-electron chi connectivity index (χ4n) is 3.46. The number of nitrogens with zero attached hydrogens (tertiary/aromatic N) is 2. The molecule has 1 aliphatic rings. The number of unbranched alkanes of at least 4 members (excludes halogenated alkanes) is 1. The summed E-state index contributed by atoms with van der Waals surface area (Å²) in [6.45, 7) is 11.1. The minimum absolute atomic E-state index is 0.469. The van der Waals surface area contributed by atoms with Crippen LogP contribution in [0.4, 0.5) is 13.2 Å². The molecular weight excluding hydrogens is 403 g/mol. The van der Waals surface area contributed by atoms with E-state index in [1.807, 2.05) is 12.1 Å². The molecule has 170 valence electrons. The molecule has 1 heterocycles. The molecule has 0 radical (unpaired) electrons. The van der Waals surface area contributed by atoms with Crippen molar-refractivity contribution < 1.29 is 33.1 Å². The van der Waals surface area contributed by atoms with E-state index < -0.39 is 18.1 Å². The Balaban J connectivity index is 0.000000553. The highest BCUT2D eigenvalue weighted by atomic mass is 19.4. The van der Waals surface area contributed by atoms with Gasteiger partial charge < -0.3 is 5.11 Å². The number of nitrogens with one attached hydrogen (secondary N) is 1. The molecule has 3 N–H and O–H groups in total. The number of halogens is 3. The lowest BCUT2D eigenvalue weighted by Gasteiger charge is -2.44. The predicted octanol–water partition coefficient (Wildman–Crippen LogP) is 3.13. The van der Waals surface area contributed by atoms with E-state index in [2.05, 4.69) is 30.6 Å². The normalized spacial score (nSPS) is 20.2. The topological polar surface area (TPSA) is 93.1 Å². The van der Waals surface area contributed by atoms with Gasteiger partial charge in [-0.1, -0.05) is 25.5 Å². The number of piperazine rings is 1. The lowest BCUT2D eigenvalue weighted by atomic mass is 10.1. The van der Waals surface area contributed by atoms with Crippen molar-refractivity contribution in [2.24, 2.45) is 0 Å². The van der Waals surface area contributed by atoms with Crippen LogP contribution in [0.3, 0.4) is 0 Å². The average Bonchev–Trinajstić information content (AvgIpc) is 2.67. The molecule has 1 fully saturated rings. The molecule has 1 aliphatic heterocycles. The molecule has 30 heavy (non-hydrogen) atoms. The third kappa shape index (κ3) is 8.29. The third-order valence-corrected chi connectivity index (χ3v) is 4.91. The molecule has 2 rings (SSSR count). The largest absolute Gasteiger partial charge is 0.490 e. The molecule has 1 amide bonds. The van der Waals surface area contributed by atoms with Crippen LogP contribution in [0.15, 0.2) is 24.3 Å². The summed E-state index contributed by atoms with van der Waals surface area (Å²) in [5.74, 6) is -3.23. The van der Waals surface area contributed by atoms with Crippen molar-refractivity contribution in [2.45, 2.75) is 58.4 Å². The third-order valence-electron chi connectivity index (χ3n) is 4.91. The Kier molecular flexibility index (Phi) is 10.2. The first-order chi connectivity index (χ1) is 14.0. The lowest BCUT2D eigenvalue weighted by Crippen LogP contribution is -2.56.